The van der Waals surface area contributed by atoms with Crippen molar-refractivity contribution in [3.8, 4) is 11.5 Å². The average molecular weight is 467 g/mol. The number of hydrogen-bond donors (Lipinski definition) is 3. The Morgan fingerprint density at radius 1 is 0.781 bits per heavy atom. The first-order chi connectivity index (χ1) is 15.2. The quantitative estimate of drug-likeness (QED) is 0.153. The molecule has 0 amide bonds. The highest BCUT2D eigenvalue weighted by atomic mass is 31.2. The van der Waals surface area contributed by atoms with E-state index in [0.717, 1.165) is 42.3 Å². The number of phosphoric acid groups is 1. The van der Waals surface area contributed by atoms with Crippen molar-refractivity contribution in [3.63, 3.8) is 0 Å². The van der Waals surface area contributed by atoms with Crippen molar-refractivity contribution in [2.24, 2.45) is 0 Å². The van der Waals surface area contributed by atoms with Crippen LogP contribution in [0.5, 0.6) is 11.5 Å². The molecule has 0 bridgehead atoms. The van der Waals surface area contributed by atoms with Gasteiger partial charge in [-0.25, -0.2) is 4.57 Å². The first-order valence-electron chi connectivity index (χ1n) is 11.2. The molecule has 0 aliphatic rings. The number of aromatic hydroxyl groups is 2. The van der Waals surface area contributed by atoms with Gasteiger partial charge in [0.2, 0.25) is 0 Å². The molecule has 0 aromatic heterocycles. The monoisotopic (exact) mass is 466 g/mol. The molecule has 178 valence electrons. The third kappa shape index (κ3) is 10.6. The van der Waals surface area contributed by atoms with Crippen LogP contribution in [0, 0.1) is 0 Å². The molecule has 2 aromatic rings. The molecule has 0 aliphatic heterocycles. The average Bonchev–Trinajstić information content (AvgIpc) is 2.74. The van der Waals surface area contributed by atoms with E-state index in [1.54, 1.807) is 6.07 Å². The lowest BCUT2D eigenvalue weighted by atomic mass is 10.1. The number of rotatable bonds is 15. The summed E-state index contributed by atoms with van der Waals surface area (Å²) in [6.45, 7) is 1.82. The Bertz CT molecular complexity index is 859. The van der Waals surface area contributed by atoms with Crippen molar-refractivity contribution in [2.45, 2.75) is 38.5 Å². The molecule has 3 N–H and O–H groups in total. The van der Waals surface area contributed by atoms with Crippen molar-refractivity contribution in [3.05, 3.63) is 59.7 Å². The lowest BCUT2D eigenvalue weighted by Gasteiger charge is -2.30. The molecular formula is C24H37NO6P+. The van der Waals surface area contributed by atoms with Crippen LogP contribution in [-0.2, 0) is 26.5 Å². The van der Waals surface area contributed by atoms with Crippen LogP contribution in [0.3, 0.4) is 0 Å². The second-order valence-corrected chi connectivity index (χ2v) is 10.2. The van der Waals surface area contributed by atoms with Gasteiger partial charge in [-0.2, -0.15) is 0 Å². The van der Waals surface area contributed by atoms with E-state index in [4.69, 9.17) is 9.05 Å². The maximum absolute atomic E-state index is 12.1. The van der Waals surface area contributed by atoms with Gasteiger partial charge in [-0.3, -0.25) is 9.05 Å². The van der Waals surface area contributed by atoms with E-state index < -0.39 is 7.82 Å². The van der Waals surface area contributed by atoms with Gasteiger partial charge < -0.3 is 19.6 Å². The lowest BCUT2D eigenvalue weighted by molar-refractivity contribution is -0.890. The molecule has 0 radical (unpaired) electrons. The normalized spacial score (nSPS) is 13.7. The zero-order valence-corrected chi connectivity index (χ0v) is 20.0. The first kappa shape index (κ1) is 26.4. The number of phenols is 2. The number of phenolic OH excluding ortho intramolecular Hbond substituents is 2. The van der Waals surface area contributed by atoms with Crippen molar-refractivity contribution < 1.29 is 33.2 Å². The molecule has 8 heteroatoms. The van der Waals surface area contributed by atoms with E-state index in [-0.39, 0.29) is 24.7 Å². The minimum absolute atomic E-state index is 0.0646. The fraction of sp³-hybridized carbons (Fsp3) is 0.500. The van der Waals surface area contributed by atoms with Crippen LogP contribution in [0.2, 0.25) is 0 Å². The minimum Gasteiger partial charge on any atom is -0.504 e. The maximum atomic E-state index is 12.1. The van der Waals surface area contributed by atoms with Gasteiger partial charge in [-0.1, -0.05) is 36.4 Å². The van der Waals surface area contributed by atoms with E-state index in [9.17, 15) is 19.7 Å². The third-order valence-corrected chi connectivity index (χ3v) is 6.44. The standard InChI is InChI=1S/C24H36NO6P/c1-25(2,16-8-4-7-12-21-10-5-3-6-11-21)17-19-31-32(28,29)30-18-9-13-22-14-15-23(26)24(27)20-22/h3,5-6,10-11,14-15,20H,4,7-9,12-13,16-19H2,1-2H3,(H2-,26,27,28,29)/p+1. The van der Waals surface area contributed by atoms with Gasteiger partial charge in [0.05, 0.1) is 27.2 Å². The Kier molecular flexibility index (Phi) is 10.7. The Hall–Kier alpha value is -1.89. The summed E-state index contributed by atoms with van der Waals surface area (Å²) in [4.78, 5) is 9.87. The largest absolute Gasteiger partial charge is 0.504 e. The summed E-state index contributed by atoms with van der Waals surface area (Å²) in [5, 5.41) is 18.8. The van der Waals surface area contributed by atoms with Crippen LogP contribution in [0.1, 0.15) is 36.8 Å². The van der Waals surface area contributed by atoms with E-state index in [1.165, 1.54) is 17.7 Å². The van der Waals surface area contributed by atoms with Gasteiger partial charge in [-0.15, -0.1) is 0 Å². The summed E-state index contributed by atoms with van der Waals surface area (Å²) < 4.78 is 23.0. The van der Waals surface area contributed by atoms with Gasteiger partial charge in [-0.05, 0) is 61.8 Å². The van der Waals surface area contributed by atoms with E-state index in [2.05, 4.69) is 38.4 Å². The highest BCUT2D eigenvalue weighted by molar-refractivity contribution is 7.47. The smallest absolute Gasteiger partial charge is 0.472 e. The van der Waals surface area contributed by atoms with E-state index in [1.807, 2.05) is 6.07 Å². The SMILES string of the molecule is C[N+](C)(CCCCCc1ccccc1)CCOP(=O)(O)OCCCc1ccc(O)c(O)c1. The summed E-state index contributed by atoms with van der Waals surface area (Å²) in [6, 6.07) is 15.1. The van der Waals surface area contributed by atoms with Gasteiger partial charge >= 0.3 is 7.82 Å². The van der Waals surface area contributed by atoms with Crippen LogP contribution in [0.4, 0.5) is 0 Å². The minimum atomic E-state index is -4.09. The van der Waals surface area contributed by atoms with Crippen LogP contribution in [0.15, 0.2) is 48.5 Å². The number of quaternary nitrogens is 1. The Balaban J connectivity index is 1.56. The number of likely N-dealkylation sites (N-methyl/N-ethyl adjacent to an activating group) is 1. The maximum Gasteiger partial charge on any atom is 0.472 e. The predicted octanol–water partition coefficient (Wildman–Crippen LogP) is 4.65. The molecule has 1 atom stereocenters. The van der Waals surface area contributed by atoms with Crippen LogP contribution >= 0.6 is 7.82 Å². The van der Waals surface area contributed by atoms with Crippen molar-refractivity contribution >= 4 is 7.82 Å². The third-order valence-electron chi connectivity index (χ3n) is 5.43. The highest BCUT2D eigenvalue weighted by Crippen LogP contribution is 2.43. The molecular weight excluding hydrogens is 429 g/mol. The van der Waals surface area contributed by atoms with Crippen molar-refractivity contribution in [1.82, 2.24) is 0 Å². The number of nitrogens with zero attached hydrogens (tertiary/aromatic N) is 1. The summed E-state index contributed by atoms with van der Waals surface area (Å²) in [5.74, 6) is -0.358. The van der Waals surface area contributed by atoms with Crippen LogP contribution < -0.4 is 0 Å². The zero-order valence-electron chi connectivity index (χ0n) is 19.2. The second kappa shape index (κ2) is 13.0. The van der Waals surface area contributed by atoms with Crippen LogP contribution in [-0.4, -0.2) is 60.0 Å². The van der Waals surface area contributed by atoms with Gasteiger partial charge in [0.1, 0.15) is 13.2 Å². The molecule has 0 spiro atoms. The lowest BCUT2D eigenvalue weighted by Crippen LogP contribution is -2.42. The molecule has 32 heavy (non-hydrogen) atoms. The second-order valence-electron chi connectivity index (χ2n) is 8.74. The van der Waals surface area contributed by atoms with Crippen LogP contribution in [0.25, 0.3) is 0 Å². The summed E-state index contributed by atoms with van der Waals surface area (Å²) in [5.41, 5.74) is 2.18. The number of aryl methyl sites for hydroxylation is 2. The molecule has 0 saturated heterocycles. The fourth-order valence-electron chi connectivity index (χ4n) is 3.42. The van der Waals surface area contributed by atoms with Gasteiger partial charge in [0.25, 0.3) is 0 Å². The molecule has 1 unspecified atom stereocenters. The number of phosphoric ester groups is 1. The summed E-state index contributed by atoms with van der Waals surface area (Å²) >= 11 is 0. The number of unbranched alkanes of at least 4 members (excludes halogenated alkanes) is 2. The Morgan fingerprint density at radius 2 is 1.47 bits per heavy atom. The fourth-order valence-corrected chi connectivity index (χ4v) is 4.17. The van der Waals surface area contributed by atoms with E-state index >= 15 is 0 Å². The number of benzene rings is 2. The van der Waals surface area contributed by atoms with Crippen molar-refractivity contribution in [2.75, 3.05) is 40.4 Å². The molecule has 2 aromatic carbocycles. The first-order valence-corrected chi connectivity index (χ1v) is 12.7. The van der Waals surface area contributed by atoms with Gasteiger partial charge in [0.15, 0.2) is 11.5 Å². The Labute approximate surface area is 191 Å². The summed E-state index contributed by atoms with van der Waals surface area (Å²) in [6.07, 6.45) is 5.53. The highest BCUT2D eigenvalue weighted by Gasteiger charge is 2.23. The molecule has 0 heterocycles. The topological polar surface area (TPSA) is 96.2 Å². The molecule has 7 nitrogen and oxygen atoms in total. The molecule has 0 fully saturated rings. The van der Waals surface area contributed by atoms with E-state index in [0.29, 0.717) is 19.4 Å². The molecule has 2 rings (SSSR count). The number of hydrogen-bond acceptors (Lipinski definition) is 5. The molecule has 0 aliphatic carbocycles. The Morgan fingerprint density at radius 3 is 2.19 bits per heavy atom. The molecule has 0 saturated carbocycles. The van der Waals surface area contributed by atoms with Crippen molar-refractivity contribution in [1.29, 1.82) is 0 Å². The summed E-state index contributed by atoms with van der Waals surface area (Å²) in [7, 11) is 0.101. The van der Waals surface area contributed by atoms with Gasteiger partial charge in [0, 0.05) is 0 Å². The zero-order chi connectivity index (χ0) is 23.5. The predicted molar refractivity (Wildman–Crippen MR) is 126 cm³/mol.